The molecule has 0 radical (unpaired) electrons. The van der Waals surface area contributed by atoms with Gasteiger partial charge in [-0.1, -0.05) is 27.7 Å². The highest BCUT2D eigenvalue weighted by Gasteiger charge is 1.96. The normalized spacial score (nSPS) is 11.7. The summed E-state index contributed by atoms with van der Waals surface area (Å²) in [6.07, 6.45) is 2.36. The van der Waals surface area contributed by atoms with Crippen molar-refractivity contribution in [1.29, 1.82) is 0 Å². The summed E-state index contributed by atoms with van der Waals surface area (Å²) in [7, 11) is 0. The molecule has 0 aliphatic carbocycles. The molecule has 0 unspecified atom stereocenters. The average Bonchev–Trinajstić information content (AvgIpc) is 2.49. The van der Waals surface area contributed by atoms with Crippen molar-refractivity contribution >= 4 is 0 Å². The SMILES string of the molecule is CC(C)CCCOCCOCCOCCOCCNCC(C)C. The fourth-order valence-corrected chi connectivity index (χ4v) is 1.89. The van der Waals surface area contributed by atoms with Crippen LogP contribution in [0, 0.1) is 11.8 Å². The Bertz CT molecular complexity index is 203. The zero-order valence-corrected chi connectivity index (χ0v) is 15.8. The van der Waals surface area contributed by atoms with E-state index in [4.69, 9.17) is 18.9 Å². The molecule has 0 bridgehead atoms. The van der Waals surface area contributed by atoms with E-state index in [-0.39, 0.29) is 0 Å². The molecule has 23 heavy (non-hydrogen) atoms. The molecule has 1 N–H and O–H groups in total. The maximum absolute atomic E-state index is 5.50. The van der Waals surface area contributed by atoms with Crippen molar-refractivity contribution in [2.24, 2.45) is 11.8 Å². The molecule has 0 amide bonds. The van der Waals surface area contributed by atoms with Crippen LogP contribution >= 0.6 is 0 Å². The Hall–Kier alpha value is -0.200. The zero-order valence-electron chi connectivity index (χ0n) is 15.8. The van der Waals surface area contributed by atoms with Crippen LogP contribution in [0.2, 0.25) is 0 Å². The number of hydrogen-bond acceptors (Lipinski definition) is 5. The van der Waals surface area contributed by atoms with Crippen LogP contribution in [0.4, 0.5) is 0 Å². The topological polar surface area (TPSA) is 49.0 Å². The van der Waals surface area contributed by atoms with Crippen LogP contribution in [0.5, 0.6) is 0 Å². The molecule has 0 atom stereocenters. The summed E-state index contributed by atoms with van der Waals surface area (Å²) in [6, 6.07) is 0. The molecule has 0 aromatic heterocycles. The fraction of sp³-hybridized carbons (Fsp3) is 1.00. The first-order valence-electron chi connectivity index (χ1n) is 9.14. The molecule has 0 aromatic carbocycles. The van der Waals surface area contributed by atoms with Gasteiger partial charge in [0, 0.05) is 13.2 Å². The predicted octanol–water partition coefficient (Wildman–Crippen LogP) is 2.73. The monoisotopic (exact) mass is 333 g/mol. The Morgan fingerprint density at radius 1 is 0.609 bits per heavy atom. The van der Waals surface area contributed by atoms with Gasteiger partial charge in [-0.05, 0) is 31.2 Å². The van der Waals surface area contributed by atoms with Crippen LogP contribution < -0.4 is 5.32 Å². The van der Waals surface area contributed by atoms with E-state index in [9.17, 15) is 0 Å². The van der Waals surface area contributed by atoms with Gasteiger partial charge in [-0.25, -0.2) is 0 Å². The third-order valence-electron chi connectivity index (χ3n) is 3.16. The standard InChI is InChI=1S/C18H39NO4/c1-17(2)6-5-8-20-10-12-22-14-15-23-13-11-21-9-7-19-16-18(3)4/h17-19H,5-16H2,1-4H3. The molecule has 0 aromatic rings. The van der Waals surface area contributed by atoms with Gasteiger partial charge in [-0.2, -0.15) is 0 Å². The first-order chi connectivity index (χ1) is 11.1. The molecular formula is C18H39NO4. The molecule has 5 nitrogen and oxygen atoms in total. The molecule has 0 fully saturated rings. The summed E-state index contributed by atoms with van der Waals surface area (Å²) in [4.78, 5) is 0. The van der Waals surface area contributed by atoms with Crippen LogP contribution in [0.25, 0.3) is 0 Å². The van der Waals surface area contributed by atoms with Gasteiger partial charge < -0.3 is 24.3 Å². The maximum atomic E-state index is 5.50. The molecule has 0 aliphatic rings. The molecule has 0 spiro atoms. The molecule has 0 aliphatic heterocycles. The average molecular weight is 334 g/mol. The Labute approximate surface area is 143 Å². The van der Waals surface area contributed by atoms with Crippen molar-refractivity contribution in [3.05, 3.63) is 0 Å². The maximum Gasteiger partial charge on any atom is 0.0701 e. The minimum absolute atomic E-state index is 0.613. The second-order valence-electron chi connectivity index (χ2n) is 6.58. The number of hydrogen-bond donors (Lipinski definition) is 1. The van der Waals surface area contributed by atoms with Gasteiger partial charge in [-0.15, -0.1) is 0 Å². The van der Waals surface area contributed by atoms with E-state index < -0.39 is 0 Å². The lowest BCUT2D eigenvalue weighted by molar-refractivity contribution is -0.00196. The van der Waals surface area contributed by atoms with Crippen molar-refractivity contribution in [3.63, 3.8) is 0 Å². The van der Waals surface area contributed by atoms with Crippen molar-refractivity contribution in [2.45, 2.75) is 40.5 Å². The summed E-state index contributed by atoms with van der Waals surface area (Å²) in [5, 5.41) is 3.34. The van der Waals surface area contributed by atoms with E-state index in [1.54, 1.807) is 0 Å². The lowest BCUT2D eigenvalue weighted by atomic mass is 10.1. The summed E-state index contributed by atoms with van der Waals surface area (Å²) in [5.41, 5.74) is 0. The lowest BCUT2D eigenvalue weighted by Crippen LogP contribution is -2.24. The Morgan fingerprint density at radius 2 is 1.09 bits per heavy atom. The Morgan fingerprint density at radius 3 is 1.57 bits per heavy atom. The fourth-order valence-electron chi connectivity index (χ4n) is 1.89. The Kier molecular flexibility index (Phi) is 18.0. The van der Waals surface area contributed by atoms with E-state index in [0.29, 0.717) is 45.6 Å². The number of nitrogens with one attached hydrogen (secondary N) is 1. The van der Waals surface area contributed by atoms with Crippen molar-refractivity contribution in [1.82, 2.24) is 5.32 Å². The van der Waals surface area contributed by atoms with E-state index >= 15 is 0 Å². The van der Waals surface area contributed by atoms with Crippen LogP contribution in [0.1, 0.15) is 40.5 Å². The van der Waals surface area contributed by atoms with Crippen molar-refractivity contribution in [2.75, 3.05) is 65.9 Å². The van der Waals surface area contributed by atoms with Gasteiger partial charge in [0.25, 0.3) is 0 Å². The lowest BCUT2D eigenvalue weighted by Gasteiger charge is -2.09. The second-order valence-corrected chi connectivity index (χ2v) is 6.58. The van der Waals surface area contributed by atoms with Gasteiger partial charge in [0.05, 0.1) is 46.2 Å². The van der Waals surface area contributed by atoms with E-state index in [1.807, 2.05) is 0 Å². The van der Waals surface area contributed by atoms with E-state index in [1.165, 1.54) is 6.42 Å². The minimum Gasteiger partial charge on any atom is -0.379 e. The van der Waals surface area contributed by atoms with Crippen molar-refractivity contribution in [3.8, 4) is 0 Å². The molecule has 140 valence electrons. The summed E-state index contributed by atoms with van der Waals surface area (Å²) in [6.45, 7) is 16.2. The third kappa shape index (κ3) is 21.8. The largest absolute Gasteiger partial charge is 0.379 e. The predicted molar refractivity (Wildman–Crippen MR) is 95.1 cm³/mol. The zero-order chi connectivity index (χ0) is 17.2. The van der Waals surface area contributed by atoms with Gasteiger partial charge >= 0.3 is 0 Å². The van der Waals surface area contributed by atoms with E-state index in [2.05, 4.69) is 33.0 Å². The van der Waals surface area contributed by atoms with Gasteiger partial charge in [-0.3, -0.25) is 0 Å². The van der Waals surface area contributed by atoms with Crippen LogP contribution in [-0.2, 0) is 18.9 Å². The molecule has 0 heterocycles. The molecule has 0 saturated carbocycles. The summed E-state index contributed by atoms with van der Waals surface area (Å²) >= 11 is 0. The highest BCUT2D eigenvalue weighted by Crippen LogP contribution is 2.02. The van der Waals surface area contributed by atoms with Gasteiger partial charge in [0.1, 0.15) is 0 Å². The second kappa shape index (κ2) is 18.1. The van der Waals surface area contributed by atoms with Crippen LogP contribution in [0.15, 0.2) is 0 Å². The van der Waals surface area contributed by atoms with Gasteiger partial charge in [0.2, 0.25) is 0 Å². The summed E-state index contributed by atoms with van der Waals surface area (Å²) in [5.74, 6) is 1.44. The third-order valence-corrected chi connectivity index (χ3v) is 3.16. The quantitative estimate of drug-likeness (QED) is 0.391. The molecule has 5 heteroatoms. The first-order valence-corrected chi connectivity index (χ1v) is 9.14. The highest BCUT2D eigenvalue weighted by atomic mass is 16.6. The first kappa shape index (κ1) is 22.8. The molecule has 0 saturated heterocycles. The number of ether oxygens (including phenoxy) is 4. The van der Waals surface area contributed by atoms with Crippen LogP contribution in [0.3, 0.4) is 0 Å². The highest BCUT2D eigenvalue weighted by molar-refractivity contribution is 4.50. The molecular weight excluding hydrogens is 294 g/mol. The Balaban J connectivity index is 2.97. The summed E-state index contributed by atoms with van der Waals surface area (Å²) < 4.78 is 21.8. The smallest absolute Gasteiger partial charge is 0.0701 e. The van der Waals surface area contributed by atoms with Crippen molar-refractivity contribution < 1.29 is 18.9 Å². The van der Waals surface area contributed by atoms with Crippen LogP contribution in [-0.4, -0.2) is 65.9 Å². The van der Waals surface area contributed by atoms with Gasteiger partial charge in [0.15, 0.2) is 0 Å². The molecule has 0 rings (SSSR count). The minimum atomic E-state index is 0.613. The number of rotatable bonds is 18. The van der Waals surface area contributed by atoms with E-state index in [0.717, 1.165) is 38.6 Å².